The van der Waals surface area contributed by atoms with Gasteiger partial charge in [0.25, 0.3) is 5.91 Å². The van der Waals surface area contributed by atoms with Crippen molar-refractivity contribution in [3.8, 4) is 0 Å². The van der Waals surface area contributed by atoms with Gasteiger partial charge in [0.2, 0.25) is 0 Å². The van der Waals surface area contributed by atoms with Gasteiger partial charge in [0, 0.05) is 23.9 Å². The van der Waals surface area contributed by atoms with E-state index in [4.69, 9.17) is 11.6 Å². The molecule has 0 aliphatic heterocycles. The highest BCUT2D eigenvalue weighted by Crippen LogP contribution is 2.23. The topological polar surface area (TPSA) is 20.3 Å². The Morgan fingerprint density at radius 2 is 2.46 bits per heavy atom. The number of carbonyl (C=O) groups is 1. The molecule has 1 amide bonds. The number of carbonyl (C=O) groups excluding carboxylic acids is 1. The summed E-state index contributed by atoms with van der Waals surface area (Å²) in [7, 11) is 1.75. The average Bonchev–Trinajstić information content (AvgIpc) is 2.50. The molecule has 0 fully saturated rings. The van der Waals surface area contributed by atoms with Crippen LogP contribution in [0, 0.1) is 0 Å². The van der Waals surface area contributed by atoms with Crippen LogP contribution in [-0.2, 0) is 0 Å². The molecule has 1 rings (SSSR count). The molecule has 0 saturated carbocycles. The van der Waals surface area contributed by atoms with Gasteiger partial charge in [0.15, 0.2) is 0 Å². The Morgan fingerprint density at radius 1 is 1.77 bits per heavy atom. The number of amides is 1. The van der Waals surface area contributed by atoms with Crippen molar-refractivity contribution in [1.29, 1.82) is 0 Å². The minimum absolute atomic E-state index is 0.0162. The second kappa shape index (κ2) is 4.98. The lowest BCUT2D eigenvalue weighted by Crippen LogP contribution is -2.28. The second-order valence-electron chi connectivity index (χ2n) is 2.51. The van der Waals surface area contributed by atoms with Gasteiger partial charge >= 0.3 is 0 Å². The van der Waals surface area contributed by atoms with E-state index in [1.807, 2.05) is 11.4 Å². The molecule has 0 saturated heterocycles. The molecule has 1 aromatic heterocycles. The standard InChI is InChI=1S/C8H9BrClNOS/c1-11(4-3-10)8(12)7-6(9)2-5-13-7/h2,5H,3-4H2,1H3. The van der Waals surface area contributed by atoms with Gasteiger partial charge in [-0.05, 0) is 27.4 Å². The number of hydrogen-bond acceptors (Lipinski definition) is 2. The Morgan fingerprint density at radius 3 is 2.92 bits per heavy atom. The molecule has 0 spiro atoms. The minimum atomic E-state index is 0.0162. The van der Waals surface area contributed by atoms with Crippen LogP contribution in [0.2, 0.25) is 0 Å². The van der Waals surface area contributed by atoms with Crippen LogP contribution in [0.4, 0.5) is 0 Å². The summed E-state index contributed by atoms with van der Waals surface area (Å²) < 4.78 is 0.851. The third kappa shape index (κ3) is 2.69. The van der Waals surface area contributed by atoms with E-state index in [-0.39, 0.29) is 5.91 Å². The summed E-state index contributed by atoms with van der Waals surface area (Å²) in [4.78, 5) is 14.0. The zero-order valence-electron chi connectivity index (χ0n) is 7.09. The SMILES string of the molecule is CN(CCCl)C(=O)c1sccc1Br. The van der Waals surface area contributed by atoms with E-state index >= 15 is 0 Å². The maximum atomic E-state index is 11.7. The van der Waals surface area contributed by atoms with Crippen molar-refractivity contribution in [2.75, 3.05) is 19.5 Å². The molecule has 2 nitrogen and oxygen atoms in total. The molecule has 0 atom stereocenters. The van der Waals surface area contributed by atoms with Gasteiger partial charge in [-0.1, -0.05) is 0 Å². The van der Waals surface area contributed by atoms with E-state index in [2.05, 4.69) is 15.9 Å². The highest BCUT2D eigenvalue weighted by molar-refractivity contribution is 9.10. The van der Waals surface area contributed by atoms with Gasteiger partial charge < -0.3 is 4.90 Å². The third-order valence-electron chi connectivity index (χ3n) is 1.58. The maximum Gasteiger partial charge on any atom is 0.264 e. The lowest BCUT2D eigenvalue weighted by molar-refractivity contribution is 0.0807. The quantitative estimate of drug-likeness (QED) is 0.781. The van der Waals surface area contributed by atoms with Crippen LogP contribution in [0.5, 0.6) is 0 Å². The highest BCUT2D eigenvalue weighted by atomic mass is 79.9. The average molecular weight is 283 g/mol. The van der Waals surface area contributed by atoms with E-state index < -0.39 is 0 Å². The van der Waals surface area contributed by atoms with Crippen LogP contribution < -0.4 is 0 Å². The molecule has 0 bridgehead atoms. The van der Waals surface area contributed by atoms with E-state index in [0.29, 0.717) is 12.4 Å². The molecule has 1 heterocycles. The monoisotopic (exact) mass is 281 g/mol. The van der Waals surface area contributed by atoms with Crippen molar-refractivity contribution < 1.29 is 4.79 Å². The number of nitrogens with zero attached hydrogens (tertiary/aromatic N) is 1. The van der Waals surface area contributed by atoms with Crippen molar-refractivity contribution >= 4 is 44.8 Å². The first-order valence-electron chi connectivity index (χ1n) is 3.71. The largest absolute Gasteiger partial charge is 0.340 e. The number of hydrogen-bond donors (Lipinski definition) is 0. The van der Waals surface area contributed by atoms with Crippen molar-refractivity contribution in [1.82, 2.24) is 4.90 Å². The van der Waals surface area contributed by atoms with Gasteiger partial charge in [0.1, 0.15) is 4.88 Å². The normalized spacial score (nSPS) is 10.1. The van der Waals surface area contributed by atoms with E-state index in [1.54, 1.807) is 11.9 Å². The lowest BCUT2D eigenvalue weighted by Gasteiger charge is -2.14. The first-order valence-corrected chi connectivity index (χ1v) is 5.92. The summed E-state index contributed by atoms with van der Waals surface area (Å²) in [6.07, 6.45) is 0. The Bertz CT molecular complexity index is 302. The van der Waals surface area contributed by atoms with Crippen LogP contribution >= 0.6 is 38.9 Å². The molecule has 0 radical (unpaired) electrons. The molecule has 0 aromatic carbocycles. The fourth-order valence-electron chi connectivity index (χ4n) is 0.848. The molecule has 0 N–H and O–H groups in total. The summed E-state index contributed by atoms with van der Waals surface area (Å²) in [6.45, 7) is 0.574. The van der Waals surface area contributed by atoms with Gasteiger partial charge in [-0.15, -0.1) is 22.9 Å². The first kappa shape index (κ1) is 11.0. The molecule has 1 aromatic rings. The Balaban J connectivity index is 2.73. The number of thiophene rings is 1. The number of halogens is 2. The minimum Gasteiger partial charge on any atom is -0.340 e. The summed E-state index contributed by atoms with van der Waals surface area (Å²) in [5.74, 6) is 0.480. The molecule has 5 heteroatoms. The van der Waals surface area contributed by atoms with Crippen LogP contribution in [0.3, 0.4) is 0 Å². The molecule has 13 heavy (non-hydrogen) atoms. The van der Waals surface area contributed by atoms with E-state index in [0.717, 1.165) is 9.35 Å². The molecular formula is C8H9BrClNOS. The second-order valence-corrected chi connectivity index (χ2v) is 4.66. The van der Waals surface area contributed by atoms with Crippen LogP contribution in [0.25, 0.3) is 0 Å². The fourth-order valence-corrected chi connectivity index (χ4v) is 2.64. The van der Waals surface area contributed by atoms with Crippen molar-refractivity contribution in [2.45, 2.75) is 0 Å². The number of alkyl halides is 1. The highest BCUT2D eigenvalue weighted by Gasteiger charge is 2.15. The van der Waals surface area contributed by atoms with Crippen LogP contribution in [0.15, 0.2) is 15.9 Å². The first-order chi connectivity index (χ1) is 6.16. The molecule has 0 unspecified atom stereocenters. The Kier molecular flexibility index (Phi) is 4.22. The Labute approximate surface area is 94.6 Å². The summed E-state index contributed by atoms with van der Waals surface area (Å²) >= 11 is 10.3. The van der Waals surface area contributed by atoms with Gasteiger partial charge in [-0.25, -0.2) is 0 Å². The van der Waals surface area contributed by atoms with Crippen LogP contribution in [0.1, 0.15) is 9.67 Å². The van der Waals surface area contributed by atoms with Gasteiger partial charge in [-0.2, -0.15) is 0 Å². The molecule has 72 valence electrons. The molecule has 0 aliphatic carbocycles. The van der Waals surface area contributed by atoms with Crippen molar-refractivity contribution in [3.05, 3.63) is 20.8 Å². The zero-order valence-corrected chi connectivity index (χ0v) is 10.2. The maximum absolute atomic E-state index is 11.7. The summed E-state index contributed by atoms with van der Waals surface area (Å²) in [5.41, 5.74) is 0. The molecular weight excluding hydrogens is 274 g/mol. The van der Waals surface area contributed by atoms with Crippen molar-refractivity contribution in [3.63, 3.8) is 0 Å². The fraction of sp³-hybridized carbons (Fsp3) is 0.375. The Hall–Kier alpha value is -0.0600. The smallest absolute Gasteiger partial charge is 0.264 e. The predicted molar refractivity (Wildman–Crippen MR) is 59.7 cm³/mol. The molecule has 0 aliphatic rings. The summed E-state index contributed by atoms with van der Waals surface area (Å²) in [5, 5.41) is 1.88. The van der Waals surface area contributed by atoms with E-state index in [9.17, 15) is 4.79 Å². The van der Waals surface area contributed by atoms with Gasteiger partial charge in [0.05, 0.1) is 0 Å². The predicted octanol–water partition coefficient (Wildman–Crippen LogP) is 2.82. The van der Waals surface area contributed by atoms with E-state index in [1.165, 1.54) is 11.3 Å². The van der Waals surface area contributed by atoms with Crippen LogP contribution in [-0.4, -0.2) is 30.3 Å². The summed E-state index contributed by atoms with van der Waals surface area (Å²) in [6, 6.07) is 1.87. The lowest BCUT2D eigenvalue weighted by atomic mass is 10.4. The van der Waals surface area contributed by atoms with Crippen molar-refractivity contribution in [2.24, 2.45) is 0 Å². The zero-order chi connectivity index (χ0) is 9.84. The number of rotatable bonds is 3. The third-order valence-corrected chi connectivity index (χ3v) is 3.57. The van der Waals surface area contributed by atoms with Gasteiger partial charge in [-0.3, -0.25) is 4.79 Å².